The first-order valence-corrected chi connectivity index (χ1v) is 4.86. The van der Waals surface area contributed by atoms with E-state index in [0.717, 1.165) is 5.56 Å². The Hall–Kier alpha value is -1.53. The van der Waals surface area contributed by atoms with Gasteiger partial charge in [0.1, 0.15) is 17.4 Å². The number of carbonyl (C=O) groups is 1. The number of nitriles is 1. The third-order valence-corrected chi connectivity index (χ3v) is 2.33. The van der Waals surface area contributed by atoms with Gasteiger partial charge in [-0.3, -0.25) is 4.79 Å². The molecule has 0 saturated heterocycles. The first-order chi connectivity index (χ1) is 7.15. The van der Waals surface area contributed by atoms with Gasteiger partial charge in [0.2, 0.25) is 0 Å². The number of hydrogen-bond acceptors (Lipinski definition) is 3. The number of aryl methyl sites for hydroxylation is 1. The topological polar surface area (TPSA) is 50.1 Å². The number of ether oxygens (including phenoxy) is 1. The highest BCUT2D eigenvalue weighted by Crippen LogP contribution is 2.26. The van der Waals surface area contributed by atoms with Gasteiger partial charge in [0.05, 0.1) is 13.0 Å². The fourth-order valence-electron chi connectivity index (χ4n) is 1.37. The number of methoxy groups -OCH3 is 1. The molecule has 0 atom stereocenters. The van der Waals surface area contributed by atoms with Crippen molar-refractivity contribution in [3.8, 4) is 11.8 Å². The van der Waals surface area contributed by atoms with Crippen molar-refractivity contribution in [2.45, 2.75) is 6.92 Å². The molecule has 0 fully saturated rings. The lowest BCUT2D eigenvalue weighted by Crippen LogP contribution is -2.05. The van der Waals surface area contributed by atoms with Crippen LogP contribution >= 0.6 is 11.6 Å². The van der Waals surface area contributed by atoms with Crippen molar-refractivity contribution in [3.63, 3.8) is 0 Å². The number of ketones is 1. The Labute approximate surface area is 93.2 Å². The van der Waals surface area contributed by atoms with Crippen LogP contribution in [-0.2, 0) is 0 Å². The standard InChI is InChI=1S/C11H10ClNO2/c1-7-3-4-8(10(14)5-12)9(6-13)11(7)15-2/h3-4H,5H2,1-2H3. The van der Waals surface area contributed by atoms with Gasteiger partial charge in [-0.2, -0.15) is 5.26 Å². The van der Waals surface area contributed by atoms with Gasteiger partial charge < -0.3 is 4.74 Å². The molecular formula is C11H10ClNO2. The molecule has 0 radical (unpaired) electrons. The van der Waals surface area contributed by atoms with Crippen molar-refractivity contribution in [3.05, 3.63) is 28.8 Å². The molecule has 0 amide bonds. The highest BCUT2D eigenvalue weighted by Gasteiger charge is 2.16. The van der Waals surface area contributed by atoms with Gasteiger partial charge in [0, 0.05) is 5.56 Å². The van der Waals surface area contributed by atoms with E-state index in [1.54, 1.807) is 12.1 Å². The first kappa shape index (κ1) is 11.5. The van der Waals surface area contributed by atoms with Gasteiger partial charge >= 0.3 is 0 Å². The van der Waals surface area contributed by atoms with Crippen molar-refractivity contribution in [2.75, 3.05) is 13.0 Å². The molecular weight excluding hydrogens is 214 g/mol. The van der Waals surface area contributed by atoms with Gasteiger partial charge in [-0.25, -0.2) is 0 Å². The second kappa shape index (κ2) is 4.81. The number of Topliss-reactive ketones (excluding diaryl/α,β-unsaturated/α-hetero) is 1. The minimum absolute atomic E-state index is 0.138. The maximum absolute atomic E-state index is 11.4. The van der Waals surface area contributed by atoms with E-state index in [1.165, 1.54) is 7.11 Å². The maximum Gasteiger partial charge on any atom is 0.179 e. The molecule has 0 aliphatic carbocycles. The number of alkyl halides is 1. The second-order valence-electron chi connectivity index (χ2n) is 3.01. The average molecular weight is 224 g/mol. The van der Waals surface area contributed by atoms with E-state index >= 15 is 0 Å². The highest BCUT2D eigenvalue weighted by molar-refractivity contribution is 6.30. The Morgan fingerprint density at radius 1 is 1.60 bits per heavy atom. The highest BCUT2D eigenvalue weighted by atomic mass is 35.5. The van der Waals surface area contributed by atoms with Crippen LogP contribution in [0.1, 0.15) is 21.5 Å². The van der Waals surface area contributed by atoms with Crippen LogP contribution in [0.5, 0.6) is 5.75 Å². The number of rotatable bonds is 3. The Balaban J connectivity index is 3.43. The number of hydrogen-bond donors (Lipinski definition) is 0. The van der Waals surface area contributed by atoms with Crippen molar-refractivity contribution < 1.29 is 9.53 Å². The largest absolute Gasteiger partial charge is 0.495 e. The maximum atomic E-state index is 11.4. The molecule has 15 heavy (non-hydrogen) atoms. The smallest absolute Gasteiger partial charge is 0.179 e. The molecule has 0 aliphatic heterocycles. The molecule has 1 aromatic rings. The summed E-state index contributed by atoms with van der Waals surface area (Å²) in [7, 11) is 1.47. The Kier molecular flexibility index (Phi) is 3.70. The molecule has 0 heterocycles. The minimum atomic E-state index is -0.272. The normalized spacial score (nSPS) is 9.47. The Morgan fingerprint density at radius 3 is 2.73 bits per heavy atom. The van der Waals surface area contributed by atoms with E-state index < -0.39 is 0 Å². The molecule has 0 aromatic heterocycles. The van der Waals surface area contributed by atoms with E-state index in [4.69, 9.17) is 21.6 Å². The summed E-state index contributed by atoms with van der Waals surface area (Å²) >= 11 is 5.45. The van der Waals surface area contributed by atoms with Crippen LogP contribution in [0.25, 0.3) is 0 Å². The average Bonchev–Trinajstić information content (AvgIpc) is 2.27. The van der Waals surface area contributed by atoms with Crippen molar-refractivity contribution in [1.82, 2.24) is 0 Å². The molecule has 0 saturated carbocycles. The molecule has 0 spiro atoms. The Bertz CT molecular complexity index is 435. The molecule has 0 bridgehead atoms. The van der Waals surface area contributed by atoms with Gasteiger partial charge in [-0.1, -0.05) is 6.07 Å². The molecule has 0 unspecified atom stereocenters. The third-order valence-electron chi connectivity index (χ3n) is 2.09. The fraction of sp³-hybridized carbons (Fsp3) is 0.273. The summed E-state index contributed by atoms with van der Waals surface area (Å²) in [5.41, 5.74) is 1.39. The minimum Gasteiger partial charge on any atom is -0.495 e. The van der Waals surface area contributed by atoms with Gasteiger partial charge in [0.25, 0.3) is 0 Å². The predicted octanol–water partition coefficient (Wildman–Crippen LogP) is 2.30. The number of carbonyl (C=O) groups excluding carboxylic acids is 1. The monoisotopic (exact) mass is 223 g/mol. The van der Waals surface area contributed by atoms with Crippen LogP contribution in [0.2, 0.25) is 0 Å². The number of nitrogens with zero attached hydrogens (tertiary/aromatic N) is 1. The van der Waals surface area contributed by atoms with E-state index in [9.17, 15) is 4.79 Å². The zero-order chi connectivity index (χ0) is 11.4. The SMILES string of the molecule is COc1c(C)ccc(C(=O)CCl)c1C#N. The van der Waals surface area contributed by atoms with Crippen molar-refractivity contribution in [2.24, 2.45) is 0 Å². The van der Waals surface area contributed by atoms with Crippen LogP contribution in [0.3, 0.4) is 0 Å². The zero-order valence-electron chi connectivity index (χ0n) is 8.50. The first-order valence-electron chi connectivity index (χ1n) is 4.32. The molecule has 1 aromatic carbocycles. The molecule has 4 heteroatoms. The Morgan fingerprint density at radius 2 is 2.27 bits per heavy atom. The van der Waals surface area contributed by atoms with E-state index in [-0.39, 0.29) is 17.2 Å². The summed E-state index contributed by atoms with van der Waals surface area (Å²) in [5, 5.41) is 8.97. The lowest BCUT2D eigenvalue weighted by atomic mass is 10.0. The van der Waals surface area contributed by atoms with Crippen LogP contribution in [-0.4, -0.2) is 18.8 Å². The van der Waals surface area contributed by atoms with Gasteiger partial charge in [-0.05, 0) is 18.6 Å². The number of benzene rings is 1. The molecule has 1 rings (SSSR count). The molecule has 0 N–H and O–H groups in total. The van der Waals surface area contributed by atoms with E-state index in [0.29, 0.717) is 11.3 Å². The fourth-order valence-corrected chi connectivity index (χ4v) is 1.51. The van der Waals surface area contributed by atoms with Crippen LogP contribution in [0.4, 0.5) is 0 Å². The van der Waals surface area contributed by atoms with Crippen LogP contribution in [0.15, 0.2) is 12.1 Å². The quantitative estimate of drug-likeness (QED) is 0.584. The molecule has 3 nitrogen and oxygen atoms in total. The van der Waals surface area contributed by atoms with Crippen LogP contribution in [0, 0.1) is 18.3 Å². The number of halogens is 1. The van der Waals surface area contributed by atoms with E-state index in [1.807, 2.05) is 13.0 Å². The lowest BCUT2D eigenvalue weighted by molar-refractivity contribution is 0.102. The third kappa shape index (κ3) is 2.11. The predicted molar refractivity (Wildman–Crippen MR) is 57.5 cm³/mol. The van der Waals surface area contributed by atoms with Crippen LogP contribution < -0.4 is 4.74 Å². The van der Waals surface area contributed by atoms with Gasteiger partial charge in [-0.15, -0.1) is 11.6 Å². The lowest BCUT2D eigenvalue weighted by Gasteiger charge is -2.09. The summed E-state index contributed by atoms with van der Waals surface area (Å²) in [6.45, 7) is 1.81. The zero-order valence-corrected chi connectivity index (χ0v) is 9.26. The molecule has 0 aliphatic rings. The van der Waals surface area contributed by atoms with Crippen molar-refractivity contribution >= 4 is 17.4 Å². The molecule has 78 valence electrons. The second-order valence-corrected chi connectivity index (χ2v) is 3.27. The summed E-state index contributed by atoms with van der Waals surface area (Å²) in [5.74, 6) is 0.0287. The summed E-state index contributed by atoms with van der Waals surface area (Å²) in [6, 6.07) is 5.30. The summed E-state index contributed by atoms with van der Waals surface area (Å²) in [6.07, 6.45) is 0. The van der Waals surface area contributed by atoms with E-state index in [2.05, 4.69) is 0 Å². The van der Waals surface area contributed by atoms with Gasteiger partial charge in [0.15, 0.2) is 5.78 Å². The van der Waals surface area contributed by atoms with Crippen molar-refractivity contribution in [1.29, 1.82) is 5.26 Å². The summed E-state index contributed by atoms with van der Waals surface area (Å²) < 4.78 is 5.08. The summed E-state index contributed by atoms with van der Waals surface area (Å²) in [4.78, 5) is 11.4.